The van der Waals surface area contributed by atoms with Crippen LogP contribution in [-0.2, 0) is 21.2 Å². The molecule has 1 atom stereocenters. The quantitative estimate of drug-likeness (QED) is 0.720. The van der Waals surface area contributed by atoms with E-state index in [0.717, 1.165) is 0 Å². The van der Waals surface area contributed by atoms with E-state index in [-0.39, 0.29) is 35.6 Å². The summed E-state index contributed by atoms with van der Waals surface area (Å²) in [5, 5.41) is 4.74. The average Bonchev–Trinajstić information content (AvgIpc) is 3.27. The van der Waals surface area contributed by atoms with E-state index in [1.54, 1.807) is 28.5 Å². The van der Waals surface area contributed by atoms with Crippen molar-refractivity contribution in [3.63, 3.8) is 0 Å². The Morgan fingerprint density at radius 2 is 2.19 bits per heavy atom. The summed E-state index contributed by atoms with van der Waals surface area (Å²) in [5.41, 5.74) is 5.54. The highest BCUT2D eigenvalue weighted by Gasteiger charge is 2.33. The molecule has 140 valence electrons. The maximum absolute atomic E-state index is 12.5. The highest BCUT2D eigenvalue weighted by atomic mass is 32.2. The van der Waals surface area contributed by atoms with Crippen molar-refractivity contribution in [1.29, 1.82) is 0 Å². The molecule has 8 nitrogen and oxygen atoms in total. The molecule has 26 heavy (non-hydrogen) atoms. The topological polar surface area (TPSA) is 123 Å². The molecule has 2 aromatic rings. The molecule has 10 heteroatoms. The van der Waals surface area contributed by atoms with Crippen molar-refractivity contribution in [2.45, 2.75) is 19.0 Å². The van der Waals surface area contributed by atoms with Crippen molar-refractivity contribution in [3.8, 4) is 0 Å². The van der Waals surface area contributed by atoms with Crippen molar-refractivity contribution < 1.29 is 22.4 Å². The molecule has 0 aromatic carbocycles. The highest BCUT2D eigenvalue weighted by Crippen LogP contribution is 2.24. The summed E-state index contributed by atoms with van der Waals surface area (Å²) >= 11 is 1.20. The minimum absolute atomic E-state index is 0.0169. The van der Waals surface area contributed by atoms with Gasteiger partial charge in [-0.25, -0.2) is 8.42 Å². The first kappa shape index (κ1) is 18.6. The number of thiophene rings is 1. The number of sulfone groups is 1. The number of rotatable bonds is 7. The first-order chi connectivity index (χ1) is 12.3. The Morgan fingerprint density at radius 3 is 2.81 bits per heavy atom. The Bertz CT molecular complexity index is 889. The highest BCUT2D eigenvalue weighted by molar-refractivity contribution is 7.91. The molecule has 3 N–H and O–H groups in total. The monoisotopic (exact) mass is 397 g/mol. The third kappa shape index (κ3) is 4.51. The maximum Gasteiger partial charge on any atom is 0.251 e. The van der Waals surface area contributed by atoms with Crippen molar-refractivity contribution in [1.82, 2.24) is 4.90 Å². The fraction of sp³-hybridized carbons (Fsp3) is 0.375. The fourth-order valence-corrected chi connectivity index (χ4v) is 5.50. The molecule has 0 spiro atoms. The van der Waals surface area contributed by atoms with E-state index >= 15 is 0 Å². The first-order valence-corrected chi connectivity index (χ1v) is 10.7. The van der Waals surface area contributed by atoms with E-state index in [0.29, 0.717) is 23.7 Å². The lowest BCUT2D eigenvalue weighted by Crippen LogP contribution is -2.41. The molecule has 1 aliphatic rings. The Morgan fingerprint density at radius 1 is 1.38 bits per heavy atom. The van der Waals surface area contributed by atoms with Gasteiger partial charge in [-0.15, -0.1) is 11.3 Å². The van der Waals surface area contributed by atoms with E-state index in [2.05, 4.69) is 5.32 Å². The van der Waals surface area contributed by atoms with Gasteiger partial charge in [-0.2, -0.15) is 0 Å². The van der Waals surface area contributed by atoms with Gasteiger partial charge in [-0.1, -0.05) is 0 Å². The van der Waals surface area contributed by atoms with Crippen LogP contribution in [0.15, 0.2) is 34.3 Å². The number of hydrogen-bond acceptors (Lipinski definition) is 7. The van der Waals surface area contributed by atoms with Crippen LogP contribution in [0.1, 0.15) is 22.5 Å². The molecule has 0 radical (unpaired) electrons. The molecular weight excluding hydrogens is 378 g/mol. The Hall–Kier alpha value is -2.17. The van der Waals surface area contributed by atoms with Crippen molar-refractivity contribution in [3.05, 3.63) is 41.2 Å². The van der Waals surface area contributed by atoms with Gasteiger partial charge in [-0.3, -0.25) is 14.5 Å². The van der Waals surface area contributed by atoms with Gasteiger partial charge in [0, 0.05) is 6.04 Å². The van der Waals surface area contributed by atoms with Gasteiger partial charge in [0.1, 0.15) is 10.8 Å². The molecule has 1 unspecified atom stereocenters. The molecule has 0 bridgehead atoms. The Balaban J connectivity index is 1.71. The van der Waals surface area contributed by atoms with Crippen LogP contribution in [0.4, 0.5) is 5.00 Å². The number of primary amides is 1. The third-order valence-corrected chi connectivity index (χ3v) is 6.77. The molecular formula is C16H19N3O5S2. The lowest BCUT2D eigenvalue weighted by molar-refractivity contribution is -0.118. The molecule has 2 amide bonds. The van der Waals surface area contributed by atoms with Gasteiger partial charge in [0.25, 0.3) is 5.91 Å². The van der Waals surface area contributed by atoms with Crippen LogP contribution in [0.3, 0.4) is 0 Å². The SMILES string of the molecule is NC(=O)c1ccsc1NC(=O)CN(Cc1ccco1)C1CCS(=O)(=O)C1. The van der Waals surface area contributed by atoms with Crippen LogP contribution in [0.2, 0.25) is 0 Å². The zero-order valence-corrected chi connectivity index (χ0v) is 15.5. The standard InChI is InChI=1S/C16H19N3O5S2/c17-15(21)13-3-6-25-16(13)18-14(20)9-19(8-12-2-1-5-24-12)11-4-7-26(22,23)10-11/h1-3,5-6,11H,4,7-10H2,(H2,17,21)(H,18,20). The van der Waals surface area contributed by atoms with Crippen LogP contribution in [0.5, 0.6) is 0 Å². The number of carbonyl (C=O) groups excluding carboxylic acids is 2. The van der Waals surface area contributed by atoms with Gasteiger partial charge < -0.3 is 15.5 Å². The molecule has 0 aliphatic carbocycles. The lowest BCUT2D eigenvalue weighted by atomic mass is 10.2. The van der Waals surface area contributed by atoms with Gasteiger partial charge >= 0.3 is 0 Å². The largest absolute Gasteiger partial charge is 0.468 e. The van der Waals surface area contributed by atoms with Gasteiger partial charge in [0.15, 0.2) is 9.84 Å². The van der Waals surface area contributed by atoms with E-state index in [1.165, 1.54) is 17.6 Å². The number of anilines is 1. The van der Waals surface area contributed by atoms with Crippen LogP contribution < -0.4 is 11.1 Å². The van der Waals surface area contributed by atoms with Crippen molar-refractivity contribution >= 4 is 38.0 Å². The predicted molar refractivity (Wildman–Crippen MR) is 97.6 cm³/mol. The van der Waals surface area contributed by atoms with Crippen LogP contribution in [0, 0.1) is 0 Å². The maximum atomic E-state index is 12.5. The number of nitrogens with one attached hydrogen (secondary N) is 1. The number of furan rings is 1. The van der Waals surface area contributed by atoms with E-state index in [1.807, 2.05) is 0 Å². The summed E-state index contributed by atoms with van der Waals surface area (Å²) < 4.78 is 29.0. The average molecular weight is 397 g/mol. The van der Waals surface area contributed by atoms with Crippen molar-refractivity contribution in [2.75, 3.05) is 23.4 Å². The minimum atomic E-state index is -3.09. The van der Waals surface area contributed by atoms with E-state index in [9.17, 15) is 18.0 Å². The van der Waals surface area contributed by atoms with Crippen LogP contribution in [-0.4, -0.2) is 49.2 Å². The van der Waals surface area contributed by atoms with Gasteiger partial charge in [0.2, 0.25) is 5.91 Å². The molecule has 1 saturated heterocycles. The zero-order valence-electron chi connectivity index (χ0n) is 13.9. The van der Waals surface area contributed by atoms with Crippen LogP contribution in [0.25, 0.3) is 0 Å². The molecule has 0 saturated carbocycles. The molecule has 1 fully saturated rings. The summed E-state index contributed by atoms with van der Waals surface area (Å²) in [6.07, 6.45) is 2.01. The van der Waals surface area contributed by atoms with Gasteiger partial charge in [-0.05, 0) is 30.0 Å². The Labute approximate surface area is 154 Å². The summed E-state index contributed by atoms with van der Waals surface area (Å²) in [7, 11) is -3.09. The molecule has 3 heterocycles. The second kappa shape index (κ2) is 7.60. The van der Waals surface area contributed by atoms with Crippen molar-refractivity contribution in [2.24, 2.45) is 5.73 Å². The van der Waals surface area contributed by atoms with Gasteiger partial charge in [0.05, 0.1) is 36.4 Å². The predicted octanol–water partition coefficient (Wildman–Crippen LogP) is 1.07. The van der Waals surface area contributed by atoms with Crippen LogP contribution >= 0.6 is 11.3 Å². The smallest absolute Gasteiger partial charge is 0.251 e. The number of amides is 2. The number of carbonyl (C=O) groups is 2. The summed E-state index contributed by atoms with van der Waals surface area (Å²) in [6, 6.07) is 4.81. The zero-order chi connectivity index (χ0) is 18.7. The first-order valence-electron chi connectivity index (χ1n) is 7.98. The molecule has 3 rings (SSSR count). The van der Waals surface area contributed by atoms with E-state index in [4.69, 9.17) is 10.2 Å². The number of hydrogen-bond donors (Lipinski definition) is 2. The Kier molecular flexibility index (Phi) is 5.44. The fourth-order valence-electron chi connectivity index (χ4n) is 2.93. The second-order valence-corrected chi connectivity index (χ2v) is 9.26. The minimum Gasteiger partial charge on any atom is -0.468 e. The molecule has 1 aliphatic heterocycles. The molecule has 2 aromatic heterocycles. The number of nitrogens with two attached hydrogens (primary N) is 1. The summed E-state index contributed by atoms with van der Waals surface area (Å²) in [5.74, 6) is -0.172. The second-order valence-electron chi connectivity index (χ2n) is 6.12. The third-order valence-electron chi connectivity index (χ3n) is 4.19. The number of nitrogens with zero attached hydrogens (tertiary/aromatic N) is 1. The van der Waals surface area contributed by atoms with E-state index < -0.39 is 15.7 Å². The summed E-state index contributed by atoms with van der Waals surface area (Å²) in [6.45, 7) is 0.310. The normalized spacial score (nSPS) is 18.9. The summed E-state index contributed by atoms with van der Waals surface area (Å²) in [4.78, 5) is 25.6. The lowest BCUT2D eigenvalue weighted by Gasteiger charge is -2.26.